The predicted molar refractivity (Wildman–Crippen MR) is 106 cm³/mol. The number of hydrogen-bond donors (Lipinski definition) is 1. The summed E-state index contributed by atoms with van der Waals surface area (Å²) < 4.78 is 0. The lowest BCUT2D eigenvalue weighted by Crippen LogP contribution is -2.49. The monoisotopic (exact) mass is 387 g/mol. The Labute approximate surface area is 165 Å². The number of halogens is 1. The SMILES string of the molecule is CC(O)C1CCN(C(=O)N2CCC(=C(C#N)c3ccc(Cl)cc3)CC2)CC1. The Morgan fingerprint density at radius 3 is 2.22 bits per heavy atom. The van der Waals surface area contributed by atoms with Crippen molar-refractivity contribution in [3.63, 3.8) is 0 Å². The molecule has 0 saturated carbocycles. The molecular formula is C21H26ClN3O2. The van der Waals surface area contributed by atoms with E-state index in [1.807, 2.05) is 28.9 Å². The van der Waals surface area contributed by atoms with Crippen LogP contribution < -0.4 is 0 Å². The summed E-state index contributed by atoms with van der Waals surface area (Å²) >= 11 is 5.94. The molecule has 0 aliphatic carbocycles. The second-order valence-corrected chi connectivity index (χ2v) is 7.87. The van der Waals surface area contributed by atoms with Crippen LogP contribution in [0.25, 0.3) is 5.57 Å². The van der Waals surface area contributed by atoms with Crippen LogP contribution in [0, 0.1) is 17.2 Å². The van der Waals surface area contributed by atoms with Crippen molar-refractivity contribution in [1.82, 2.24) is 9.80 Å². The van der Waals surface area contributed by atoms with E-state index in [1.165, 1.54) is 0 Å². The molecule has 1 aromatic carbocycles. The summed E-state index contributed by atoms with van der Waals surface area (Å²) in [6.07, 6.45) is 2.86. The van der Waals surface area contributed by atoms with Gasteiger partial charge in [-0.3, -0.25) is 0 Å². The summed E-state index contributed by atoms with van der Waals surface area (Å²) in [5.41, 5.74) is 2.70. The van der Waals surface area contributed by atoms with Crippen molar-refractivity contribution in [2.24, 2.45) is 5.92 Å². The molecule has 2 aliphatic rings. The van der Waals surface area contributed by atoms with E-state index in [0.717, 1.165) is 36.8 Å². The van der Waals surface area contributed by atoms with Crippen molar-refractivity contribution in [3.8, 4) is 6.07 Å². The Hall–Kier alpha value is -2.03. The molecule has 144 valence electrons. The number of nitrogens with zero attached hydrogens (tertiary/aromatic N) is 3. The minimum atomic E-state index is -0.304. The van der Waals surface area contributed by atoms with Crippen LogP contribution in [-0.2, 0) is 0 Å². The summed E-state index contributed by atoms with van der Waals surface area (Å²) in [7, 11) is 0. The summed E-state index contributed by atoms with van der Waals surface area (Å²) in [6, 6.07) is 9.75. The topological polar surface area (TPSA) is 67.6 Å². The van der Waals surface area contributed by atoms with Crippen molar-refractivity contribution in [3.05, 3.63) is 40.4 Å². The number of rotatable bonds is 2. The van der Waals surface area contributed by atoms with E-state index in [-0.39, 0.29) is 12.1 Å². The van der Waals surface area contributed by atoms with Gasteiger partial charge < -0.3 is 14.9 Å². The van der Waals surface area contributed by atoms with Crippen LogP contribution >= 0.6 is 11.6 Å². The fourth-order valence-corrected chi connectivity index (χ4v) is 4.08. The highest BCUT2D eigenvalue weighted by molar-refractivity contribution is 6.30. The van der Waals surface area contributed by atoms with E-state index < -0.39 is 0 Å². The molecular weight excluding hydrogens is 362 g/mol. The highest BCUT2D eigenvalue weighted by Gasteiger charge is 2.29. The summed E-state index contributed by atoms with van der Waals surface area (Å²) in [5, 5.41) is 20.0. The van der Waals surface area contributed by atoms with Gasteiger partial charge in [0.1, 0.15) is 0 Å². The molecule has 0 radical (unpaired) electrons. The zero-order valence-corrected chi connectivity index (χ0v) is 16.5. The number of likely N-dealkylation sites (tertiary alicyclic amines) is 2. The molecule has 1 unspecified atom stereocenters. The minimum absolute atomic E-state index is 0.0862. The Morgan fingerprint density at radius 1 is 1.15 bits per heavy atom. The predicted octanol–water partition coefficient (Wildman–Crippen LogP) is 3.93. The molecule has 0 bridgehead atoms. The number of hydrogen-bond acceptors (Lipinski definition) is 3. The van der Waals surface area contributed by atoms with Crippen LogP contribution in [-0.4, -0.2) is 53.2 Å². The molecule has 1 atom stereocenters. The zero-order chi connectivity index (χ0) is 19.4. The fraction of sp³-hybridized carbons (Fsp3) is 0.524. The van der Waals surface area contributed by atoms with Crippen molar-refractivity contribution in [1.29, 1.82) is 5.26 Å². The van der Waals surface area contributed by atoms with Crippen LogP contribution in [0.2, 0.25) is 5.02 Å². The van der Waals surface area contributed by atoms with E-state index in [0.29, 0.717) is 42.7 Å². The third-order valence-electron chi connectivity index (χ3n) is 5.73. The second-order valence-electron chi connectivity index (χ2n) is 7.43. The number of benzene rings is 1. The molecule has 3 rings (SSSR count). The number of allylic oxidation sites excluding steroid dienone is 1. The average Bonchev–Trinajstić information content (AvgIpc) is 2.70. The van der Waals surface area contributed by atoms with Crippen molar-refractivity contribution in [2.75, 3.05) is 26.2 Å². The maximum absolute atomic E-state index is 12.8. The van der Waals surface area contributed by atoms with E-state index in [2.05, 4.69) is 6.07 Å². The lowest BCUT2D eigenvalue weighted by Gasteiger charge is -2.38. The number of aliphatic hydroxyl groups is 1. The molecule has 2 saturated heterocycles. The van der Waals surface area contributed by atoms with E-state index in [4.69, 9.17) is 11.6 Å². The van der Waals surface area contributed by atoms with Gasteiger partial charge in [-0.05, 0) is 61.8 Å². The van der Waals surface area contributed by atoms with Gasteiger partial charge in [0, 0.05) is 31.2 Å². The Kier molecular flexibility index (Phi) is 6.41. The summed E-state index contributed by atoms with van der Waals surface area (Å²) in [5.74, 6) is 0.294. The Bertz CT molecular complexity index is 734. The largest absolute Gasteiger partial charge is 0.393 e. The second kappa shape index (κ2) is 8.77. The molecule has 5 nitrogen and oxygen atoms in total. The molecule has 0 spiro atoms. The fourth-order valence-electron chi connectivity index (χ4n) is 3.96. The lowest BCUT2D eigenvalue weighted by molar-refractivity contribution is 0.0712. The van der Waals surface area contributed by atoms with E-state index in [1.54, 1.807) is 12.1 Å². The van der Waals surface area contributed by atoms with Crippen molar-refractivity contribution < 1.29 is 9.90 Å². The van der Waals surface area contributed by atoms with E-state index in [9.17, 15) is 15.2 Å². The highest BCUT2D eigenvalue weighted by Crippen LogP contribution is 2.28. The summed E-state index contributed by atoms with van der Waals surface area (Å²) in [6.45, 7) is 4.53. The normalized spacial score (nSPS) is 19.6. The molecule has 0 aromatic heterocycles. The van der Waals surface area contributed by atoms with Gasteiger partial charge in [0.25, 0.3) is 0 Å². The number of urea groups is 1. The number of carbonyl (C=O) groups excluding carboxylic acids is 1. The van der Waals surface area contributed by atoms with Gasteiger partial charge in [0.2, 0.25) is 0 Å². The Morgan fingerprint density at radius 2 is 1.70 bits per heavy atom. The number of nitriles is 1. The third-order valence-corrected chi connectivity index (χ3v) is 5.98. The molecule has 1 aromatic rings. The van der Waals surface area contributed by atoms with Gasteiger partial charge in [-0.25, -0.2) is 4.79 Å². The van der Waals surface area contributed by atoms with Gasteiger partial charge in [-0.1, -0.05) is 23.7 Å². The Balaban J connectivity index is 1.60. The van der Waals surface area contributed by atoms with Gasteiger partial charge in [0.05, 0.1) is 17.7 Å². The molecule has 1 N–H and O–H groups in total. The smallest absolute Gasteiger partial charge is 0.320 e. The highest BCUT2D eigenvalue weighted by atomic mass is 35.5. The maximum Gasteiger partial charge on any atom is 0.320 e. The van der Waals surface area contributed by atoms with Crippen molar-refractivity contribution in [2.45, 2.75) is 38.7 Å². The molecule has 2 aliphatic heterocycles. The van der Waals surface area contributed by atoms with Gasteiger partial charge in [-0.15, -0.1) is 0 Å². The number of carbonyl (C=O) groups is 1. The molecule has 27 heavy (non-hydrogen) atoms. The first-order valence-corrected chi connectivity index (χ1v) is 9.97. The van der Waals surface area contributed by atoms with Crippen LogP contribution in [0.3, 0.4) is 0 Å². The van der Waals surface area contributed by atoms with Gasteiger partial charge in [-0.2, -0.15) is 5.26 Å². The van der Waals surface area contributed by atoms with Crippen LogP contribution in [0.15, 0.2) is 29.8 Å². The first-order chi connectivity index (χ1) is 13.0. The first-order valence-electron chi connectivity index (χ1n) is 9.59. The standard InChI is InChI=1S/C21H26ClN3O2/c1-15(26)16-6-10-24(11-7-16)21(27)25-12-8-18(9-13-25)20(14-23)17-2-4-19(22)5-3-17/h2-5,15-16,26H,6-13H2,1H3. The third kappa shape index (κ3) is 4.63. The molecule has 6 heteroatoms. The minimum Gasteiger partial charge on any atom is -0.393 e. The van der Waals surface area contributed by atoms with E-state index >= 15 is 0 Å². The molecule has 2 amide bonds. The lowest BCUT2D eigenvalue weighted by atomic mass is 9.92. The molecule has 2 fully saturated rings. The average molecular weight is 388 g/mol. The number of piperidine rings is 2. The van der Waals surface area contributed by atoms with Gasteiger partial charge in [0.15, 0.2) is 0 Å². The van der Waals surface area contributed by atoms with Crippen LogP contribution in [0.4, 0.5) is 4.79 Å². The van der Waals surface area contributed by atoms with Crippen LogP contribution in [0.1, 0.15) is 38.2 Å². The number of amides is 2. The summed E-state index contributed by atoms with van der Waals surface area (Å²) in [4.78, 5) is 16.6. The zero-order valence-electron chi connectivity index (χ0n) is 15.7. The maximum atomic E-state index is 12.8. The quantitative estimate of drug-likeness (QED) is 0.782. The van der Waals surface area contributed by atoms with Gasteiger partial charge >= 0.3 is 6.03 Å². The van der Waals surface area contributed by atoms with Crippen LogP contribution in [0.5, 0.6) is 0 Å². The molecule has 2 heterocycles. The first kappa shape index (κ1) is 19.7. The number of aliphatic hydroxyl groups excluding tert-OH is 1. The van der Waals surface area contributed by atoms with Crippen molar-refractivity contribution >= 4 is 23.2 Å².